The summed E-state index contributed by atoms with van der Waals surface area (Å²) in [5, 5.41) is 10.4. The van der Waals surface area contributed by atoms with Gasteiger partial charge in [0.2, 0.25) is 0 Å². The maximum absolute atomic E-state index is 13.1. The Labute approximate surface area is 148 Å². The highest BCUT2D eigenvalue weighted by molar-refractivity contribution is 8.00. The number of aromatic nitrogens is 2. The lowest BCUT2D eigenvalue weighted by Gasteiger charge is -2.16. The maximum Gasteiger partial charge on any atom is 0.266 e. The van der Waals surface area contributed by atoms with E-state index in [0.29, 0.717) is 26.8 Å². The van der Waals surface area contributed by atoms with Crippen LogP contribution in [-0.4, -0.2) is 14.8 Å². The van der Waals surface area contributed by atoms with Crippen LogP contribution in [0.1, 0.15) is 12.5 Å². The van der Waals surface area contributed by atoms with Crippen LogP contribution in [0.2, 0.25) is 5.02 Å². The molecule has 0 aliphatic rings. The lowest BCUT2D eigenvalue weighted by Crippen LogP contribution is -2.23. The lowest BCUT2D eigenvalue weighted by atomic mass is 10.2. The molecule has 0 saturated carbocycles. The molecule has 0 amide bonds. The number of hydrogen-bond acceptors (Lipinski definition) is 4. The molecule has 0 radical (unpaired) electrons. The molecule has 120 valence electrons. The van der Waals surface area contributed by atoms with Crippen molar-refractivity contribution in [3.8, 4) is 11.8 Å². The molecule has 3 aromatic rings. The van der Waals surface area contributed by atoms with E-state index in [1.54, 1.807) is 35.8 Å². The highest BCUT2D eigenvalue weighted by atomic mass is 35.5. The molecule has 2 aromatic carbocycles. The molecule has 0 aliphatic heterocycles. The van der Waals surface area contributed by atoms with E-state index >= 15 is 0 Å². The fraction of sp³-hybridized carbons (Fsp3) is 0.167. The predicted molar refractivity (Wildman–Crippen MR) is 98.0 cm³/mol. The van der Waals surface area contributed by atoms with E-state index in [9.17, 15) is 4.79 Å². The Hall–Kier alpha value is -2.29. The monoisotopic (exact) mass is 355 g/mol. The van der Waals surface area contributed by atoms with E-state index in [2.05, 4.69) is 11.1 Å². The van der Waals surface area contributed by atoms with Gasteiger partial charge in [0.05, 0.1) is 27.9 Å². The molecule has 0 saturated heterocycles. The Kier molecular flexibility index (Phi) is 4.61. The summed E-state index contributed by atoms with van der Waals surface area (Å²) >= 11 is 7.48. The maximum atomic E-state index is 13.1. The Morgan fingerprint density at radius 1 is 1.25 bits per heavy atom. The van der Waals surface area contributed by atoms with Gasteiger partial charge in [0.1, 0.15) is 0 Å². The van der Waals surface area contributed by atoms with E-state index < -0.39 is 0 Å². The molecular formula is C18H14ClN3OS. The van der Waals surface area contributed by atoms with E-state index in [0.717, 1.165) is 5.56 Å². The molecule has 0 bridgehead atoms. The Bertz CT molecular complexity index is 1020. The summed E-state index contributed by atoms with van der Waals surface area (Å²) in [5.74, 6) is 0. The molecule has 1 aromatic heterocycles. The van der Waals surface area contributed by atoms with Crippen molar-refractivity contribution in [3.05, 3.63) is 63.4 Å². The molecule has 0 N–H and O–H groups in total. The number of halogens is 1. The van der Waals surface area contributed by atoms with Crippen molar-refractivity contribution < 1.29 is 0 Å². The van der Waals surface area contributed by atoms with Gasteiger partial charge in [0.15, 0.2) is 5.16 Å². The number of rotatable bonds is 3. The third-order valence-electron chi connectivity index (χ3n) is 3.69. The molecule has 4 nitrogen and oxygen atoms in total. The van der Waals surface area contributed by atoms with Gasteiger partial charge in [-0.05, 0) is 43.7 Å². The third kappa shape index (κ3) is 2.91. The second kappa shape index (κ2) is 6.68. The quantitative estimate of drug-likeness (QED) is 0.517. The van der Waals surface area contributed by atoms with Crippen LogP contribution in [0.5, 0.6) is 0 Å². The highest BCUT2D eigenvalue weighted by Gasteiger charge is 2.17. The number of thioether (sulfide) groups is 1. The normalized spacial score (nSPS) is 12.1. The Morgan fingerprint density at radius 3 is 2.75 bits per heavy atom. The minimum Gasteiger partial charge on any atom is -0.268 e. The Balaban J connectivity index is 2.38. The largest absolute Gasteiger partial charge is 0.268 e. The second-order valence-corrected chi connectivity index (χ2v) is 7.04. The van der Waals surface area contributed by atoms with E-state index in [1.165, 1.54) is 11.8 Å². The van der Waals surface area contributed by atoms with Gasteiger partial charge in [-0.3, -0.25) is 9.36 Å². The Morgan fingerprint density at radius 2 is 2.00 bits per heavy atom. The van der Waals surface area contributed by atoms with E-state index in [4.69, 9.17) is 16.9 Å². The fourth-order valence-electron chi connectivity index (χ4n) is 2.43. The van der Waals surface area contributed by atoms with Gasteiger partial charge >= 0.3 is 0 Å². The summed E-state index contributed by atoms with van der Waals surface area (Å²) in [6.45, 7) is 3.64. The molecule has 3 rings (SSSR count). The zero-order chi connectivity index (χ0) is 17.3. The predicted octanol–water partition coefficient (Wildman–Crippen LogP) is 4.35. The topological polar surface area (TPSA) is 58.7 Å². The van der Waals surface area contributed by atoms with Crippen molar-refractivity contribution in [1.29, 1.82) is 5.26 Å². The number of fused-ring (bicyclic) bond motifs is 1. The zero-order valence-corrected chi connectivity index (χ0v) is 14.7. The molecule has 0 aliphatic carbocycles. The van der Waals surface area contributed by atoms with Crippen LogP contribution in [-0.2, 0) is 0 Å². The van der Waals surface area contributed by atoms with E-state index in [-0.39, 0.29) is 10.8 Å². The van der Waals surface area contributed by atoms with Gasteiger partial charge in [0, 0.05) is 5.02 Å². The minimum atomic E-state index is -0.330. The number of benzene rings is 2. The van der Waals surface area contributed by atoms with Gasteiger partial charge in [-0.25, -0.2) is 4.98 Å². The first-order valence-corrected chi connectivity index (χ1v) is 8.62. The van der Waals surface area contributed by atoms with Crippen LogP contribution in [0.25, 0.3) is 16.6 Å². The SMILES string of the molecule is Cc1c(Cl)cccc1-n1c(S[C@@H](C)C#N)nc2ccccc2c1=O. The average Bonchev–Trinajstić information content (AvgIpc) is 2.58. The number of para-hydroxylation sites is 1. The lowest BCUT2D eigenvalue weighted by molar-refractivity contribution is 0.813. The van der Waals surface area contributed by atoms with Crippen LogP contribution in [0.4, 0.5) is 0 Å². The van der Waals surface area contributed by atoms with Crippen molar-refractivity contribution in [1.82, 2.24) is 9.55 Å². The molecule has 6 heteroatoms. The zero-order valence-electron chi connectivity index (χ0n) is 13.2. The van der Waals surface area contributed by atoms with Crippen molar-refractivity contribution in [2.75, 3.05) is 0 Å². The number of hydrogen-bond donors (Lipinski definition) is 0. The molecular weight excluding hydrogens is 342 g/mol. The fourth-order valence-corrected chi connectivity index (χ4v) is 3.40. The summed E-state index contributed by atoms with van der Waals surface area (Å²) in [4.78, 5) is 17.7. The number of nitriles is 1. The van der Waals surface area contributed by atoms with Gasteiger partial charge in [-0.1, -0.05) is 41.6 Å². The number of nitrogens with zero attached hydrogens (tertiary/aromatic N) is 3. The molecule has 1 heterocycles. The summed E-state index contributed by atoms with van der Waals surface area (Å²) in [6.07, 6.45) is 0. The summed E-state index contributed by atoms with van der Waals surface area (Å²) in [6, 6.07) is 14.8. The third-order valence-corrected chi connectivity index (χ3v) is 5.04. The summed E-state index contributed by atoms with van der Waals surface area (Å²) in [7, 11) is 0. The second-order valence-electron chi connectivity index (χ2n) is 5.33. The summed E-state index contributed by atoms with van der Waals surface area (Å²) in [5.41, 5.74) is 1.92. The van der Waals surface area contributed by atoms with Gasteiger partial charge in [-0.15, -0.1) is 0 Å². The van der Waals surface area contributed by atoms with Crippen LogP contribution in [0.3, 0.4) is 0 Å². The van der Waals surface area contributed by atoms with Crippen molar-refractivity contribution in [2.24, 2.45) is 0 Å². The van der Waals surface area contributed by atoms with Gasteiger partial charge in [0.25, 0.3) is 5.56 Å². The van der Waals surface area contributed by atoms with E-state index in [1.807, 2.05) is 25.1 Å². The molecule has 24 heavy (non-hydrogen) atoms. The average molecular weight is 356 g/mol. The first-order chi connectivity index (χ1) is 11.5. The molecule has 1 atom stereocenters. The van der Waals surface area contributed by atoms with Crippen LogP contribution >= 0.6 is 23.4 Å². The molecule has 0 unspecified atom stereocenters. The first kappa shape index (κ1) is 16.6. The molecule has 0 fully saturated rings. The standard InChI is InChI=1S/C18H14ClN3OS/c1-11(10-20)24-18-21-15-8-4-3-6-13(15)17(23)22(18)16-9-5-7-14(19)12(16)2/h3-9,11H,1-2H3/t11-/m0/s1. The van der Waals surface area contributed by atoms with Crippen LogP contribution < -0.4 is 5.56 Å². The van der Waals surface area contributed by atoms with Crippen molar-refractivity contribution >= 4 is 34.3 Å². The molecule has 0 spiro atoms. The smallest absolute Gasteiger partial charge is 0.266 e. The van der Waals surface area contributed by atoms with Crippen molar-refractivity contribution in [2.45, 2.75) is 24.3 Å². The van der Waals surface area contributed by atoms with Gasteiger partial charge < -0.3 is 0 Å². The highest BCUT2D eigenvalue weighted by Crippen LogP contribution is 2.28. The minimum absolute atomic E-state index is 0.168. The van der Waals surface area contributed by atoms with Gasteiger partial charge in [-0.2, -0.15) is 5.26 Å². The summed E-state index contributed by atoms with van der Waals surface area (Å²) < 4.78 is 1.54. The first-order valence-electron chi connectivity index (χ1n) is 7.36. The van der Waals surface area contributed by atoms with Crippen LogP contribution in [0, 0.1) is 18.3 Å². The van der Waals surface area contributed by atoms with Crippen molar-refractivity contribution in [3.63, 3.8) is 0 Å². The van der Waals surface area contributed by atoms with Crippen LogP contribution in [0.15, 0.2) is 52.4 Å².